The summed E-state index contributed by atoms with van der Waals surface area (Å²) in [6.45, 7) is 1.83. The van der Waals surface area contributed by atoms with Gasteiger partial charge in [-0.2, -0.15) is 0 Å². The van der Waals surface area contributed by atoms with E-state index in [4.69, 9.17) is 0 Å². The first kappa shape index (κ1) is 16.5. The van der Waals surface area contributed by atoms with E-state index in [2.05, 4.69) is 19.4 Å². The maximum absolute atomic E-state index is 12.2. The van der Waals surface area contributed by atoms with E-state index in [9.17, 15) is 13.2 Å². The van der Waals surface area contributed by atoms with Crippen molar-refractivity contribution in [2.45, 2.75) is 18.2 Å². The Hall–Kier alpha value is -1.84. The number of nitrogens with one attached hydrogen (secondary N) is 1. The first-order chi connectivity index (χ1) is 10.4. The third kappa shape index (κ3) is 3.87. The topological polar surface area (TPSA) is 98.2 Å². The van der Waals surface area contributed by atoms with Crippen molar-refractivity contribution >= 4 is 27.3 Å². The molecule has 1 N–H and O–H groups in total. The zero-order valence-electron chi connectivity index (χ0n) is 12.1. The second-order valence-corrected chi connectivity index (χ2v) is 7.12. The highest BCUT2D eigenvalue weighted by molar-refractivity contribution is 7.89. The third-order valence-electron chi connectivity index (χ3n) is 2.89. The lowest BCUT2D eigenvalue weighted by molar-refractivity contribution is 0.0599. The van der Waals surface area contributed by atoms with Crippen LogP contribution in [0.5, 0.6) is 0 Å². The average Bonchev–Trinajstić information content (AvgIpc) is 3.00. The van der Waals surface area contributed by atoms with Gasteiger partial charge in [0.05, 0.1) is 23.4 Å². The highest BCUT2D eigenvalue weighted by atomic mass is 32.2. The predicted molar refractivity (Wildman–Crippen MR) is 81.3 cm³/mol. The molecule has 0 aliphatic rings. The number of thiazole rings is 1. The van der Waals surface area contributed by atoms with E-state index >= 15 is 0 Å². The fourth-order valence-corrected chi connectivity index (χ4v) is 3.35. The summed E-state index contributed by atoms with van der Waals surface area (Å²) in [5, 5.41) is 2.68. The molecule has 22 heavy (non-hydrogen) atoms. The Morgan fingerprint density at radius 3 is 2.82 bits per heavy atom. The van der Waals surface area contributed by atoms with Crippen molar-refractivity contribution in [3.8, 4) is 0 Å². The number of hydrogen-bond donors (Lipinski definition) is 1. The molecule has 0 unspecified atom stereocenters. The van der Waals surface area contributed by atoms with Gasteiger partial charge in [0.25, 0.3) is 0 Å². The lowest BCUT2D eigenvalue weighted by Crippen LogP contribution is -2.26. The number of nitrogens with zero attached hydrogens (tertiary/aromatic N) is 2. The van der Waals surface area contributed by atoms with Crippen LogP contribution in [0.25, 0.3) is 0 Å². The standard InChI is InChI=1S/C13H15N3O4S2/c1-9-11(13(17)20-2)7-10(8-15-9)22(18,19)16-4-3-12-14-5-6-21-12/h5-8,16H,3-4H2,1-2H3. The van der Waals surface area contributed by atoms with Crippen LogP contribution in [0.1, 0.15) is 21.1 Å². The molecule has 7 nitrogen and oxygen atoms in total. The summed E-state index contributed by atoms with van der Waals surface area (Å²) < 4.78 is 31.5. The summed E-state index contributed by atoms with van der Waals surface area (Å²) in [5.74, 6) is -0.621. The second-order valence-electron chi connectivity index (χ2n) is 4.37. The number of aryl methyl sites for hydroxylation is 1. The molecule has 0 aliphatic heterocycles. The highest BCUT2D eigenvalue weighted by Gasteiger charge is 2.19. The van der Waals surface area contributed by atoms with Gasteiger partial charge in [0, 0.05) is 30.7 Å². The van der Waals surface area contributed by atoms with Gasteiger partial charge >= 0.3 is 5.97 Å². The molecular weight excluding hydrogens is 326 g/mol. The first-order valence-electron chi connectivity index (χ1n) is 6.37. The molecule has 0 bridgehead atoms. The van der Waals surface area contributed by atoms with Gasteiger partial charge in [-0.3, -0.25) is 4.98 Å². The van der Waals surface area contributed by atoms with Gasteiger partial charge in [0.15, 0.2) is 0 Å². The third-order valence-corrected chi connectivity index (χ3v) is 5.16. The van der Waals surface area contributed by atoms with Crippen LogP contribution in [0.3, 0.4) is 0 Å². The summed E-state index contributed by atoms with van der Waals surface area (Å²) in [5.41, 5.74) is 0.541. The summed E-state index contributed by atoms with van der Waals surface area (Å²) in [7, 11) is -2.51. The highest BCUT2D eigenvalue weighted by Crippen LogP contribution is 2.14. The molecule has 0 radical (unpaired) electrons. The van der Waals surface area contributed by atoms with Gasteiger partial charge in [-0.05, 0) is 13.0 Å². The normalized spacial score (nSPS) is 11.4. The molecule has 0 aromatic carbocycles. The average molecular weight is 341 g/mol. The maximum Gasteiger partial charge on any atom is 0.339 e. The molecule has 0 aliphatic carbocycles. The number of sulfonamides is 1. The minimum absolute atomic E-state index is 0.0716. The second kappa shape index (κ2) is 6.95. The maximum atomic E-state index is 12.2. The SMILES string of the molecule is COC(=O)c1cc(S(=O)(=O)NCCc2nccs2)cnc1C. The number of ether oxygens (including phenoxy) is 1. The molecule has 0 fully saturated rings. The van der Waals surface area contributed by atoms with Gasteiger partial charge in [0.1, 0.15) is 4.90 Å². The number of aromatic nitrogens is 2. The molecule has 2 aromatic rings. The molecule has 0 saturated heterocycles. The van der Waals surface area contributed by atoms with Crippen molar-refractivity contribution in [1.82, 2.24) is 14.7 Å². The van der Waals surface area contributed by atoms with Crippen LogP contribution in [0.15, 0.2) is 28.7 Å². The number of pyridine rings is 1. The van der Waals surface area contributed by atoms with Crippen LogP contribution >= 0.6 is 11.3 Å². The number of esters is 1. The van der Waals surface area contributed by atoms with Crippen LogP contribution in [0.2, 0.25) is 0 Å². The van der Waals surface area contributed by atoms with E-state index in [1.54, 1.807) is 13.1 Å². The Kier molecular flexibility index (Phi) is 5.22. The molecule has 2 heterocycles. The Balaban J connectivity index is 2.13. The molecule has 2 rings (SSSR count). The minimum Gasteiger partial charge on any atom is -0.465 e. The van der Waals surface area contributed by atoms with E-state index in [1.807, 2.05) is 5.38 Å². The zero-order valence-corrected chi connectivity index (χ0v) is 13.7. The number of carbonyl (C=O) groups excluding carboxylic acids is 1. The predicted octanol–water partition coefficient (Wildman–Crippen LogP) is 1.15. The van der Waals surface area contributed by atoms with Gasteiger partial charge in [-0.15, -0.1) is 11.3 Å². The largest absolute Gasteiger partial charge is 0.465 e. The molecule has 9 heteroatoms. The lowest BCUT2D eigenvalue weighted by Gasteiger charge is -2.08. The van der Waals surface area contributed by atoms with Crippen molar-refractivity contribution in [1.29, 1.82) is 0 Å². The van der Waals surface area contributed by atoms with E-state index < -0.39 is 16.0 Å². The van der Waals surface area contributed by atoms with Crippen LogP contribution in [-0.2, 0) is 21.2 Å². The minimum atomic E-state index is -3.74. The molecule has 0 spiro atoms. The summed E-state index contributed by atoms with van der Waals surface area (Å²) >= 11 is 1.46. The smallest absolute Gasteiger partial charge is 0.339 e. The zero-order chi connectivity index (χ0) is 16.2. The molecule has 0 saturated carbocycles. The van der Waals surface area contributed by atoms with Crippen molar-refractivity contribution in [2.24, 2.45) is 0 Å². The molecule has 2 aromatic heterocycles. The fourth-order valence-electron chi connectivity index (χ4n) is 1.73. The molecule has 0 amide bonds. The number of methoxy groups -OCH3 is 1. The van der Waals surface area contributed by atoms with Crippen molar-refractivity contribution in [2.75, 3.05) is 13.7 Å². The van der Waals surface area contributed by atoms with Gasteiger partial charge < -0.3 is 4.74 Å². The van der Waals surface area contributed by atoms with E-state index in [1.165, 1.54) is 30.7 Å². The van der Waals surface area contributed by atoms with Crippen molar-refractivity contribution in [3.05, 3.63) is 40.1 Å². The Morgan fingerprint density at radius 1 is 1.41 bits per heavy atom. The first-order valence-corrected chi connectivity index (χ1v) is 8.73. The number of rotatable bonds is 6. The van der Waals surface area contributed by atoms with Crippen LogP contribution in [0.4, 0.5) is 0 Å². The summed E-state index contributed by atoms with van der Waals surface area (Å²) in [6.07, 6.45) is 3.38. The molecule has 0 atom stereocenters. The van der Waals surface area contributed by atoms with Crippen LogP contribution < -0.4 is 4.72 Å². The van der Waals surface area contributed by atoms with Gasteiger partial charge in [-0.25, -0.2) is 22.9 Å². The Bertz CT molecular complexity index is 758. The van der Waals surface area contributed by atoms with Crippen molar-refractivity contribution < 1.29 is 17.9 Å². The quantitative estimate of drug-likeness (QED) is 0.792. The monoisotopic (exact) mass is 341 g/mol. The van der Waals surface area contributed by atoms with E-state index in [0.717, 1.165) is 5.01 Å². The summed E-state index contributed by atoms with van der Waals surface area (Å²) in [4.78, 5) is 19.5. The Morgan fingerprint density at radius 2 is 2.18 bits per heavy atom. The van der Waals surface area contributed by atoms with Crippen LogP contribution in [0, 0.1) is 6.92 Å². The van der Waals surface area contributed by atoms with Crippen LogP contribution in [-0.4, -0.2) is 38.0 Å². The molecule has 118 valence electrons. The van der Waals surface area contributed by atoms with E-state index in [-0.39, 0.29) is 17.0 Å². The summed E-state index contributed by atoms with van der Waals surface area (Å²) in [6, 6.07) is 1.26. The van der Waals surface area contributed by atoms with Gasteiger partial charge in [0.2, 0.25) is 10.0 Å². The molecular formula is C13H15N3O4S2. The fraction of sp³-hybridized carbons (Fsp3) is 0.308. The van der Waals surface area contributed by atoms with Gasteiger partial charge in [-0.1, -0.05) is 0 Å². The van der Waals surface area contributed by atoms with E-state index in [0.29, 0.717) is 12.1 Å². The Labute approximate surface area is 132 Å². The lowest BCUT2D eigenvalue weighted by atomic mass is 10.2. The number of carbonyl (C=O) groups is 1. The van der Waals surface area contributed by atoms with Crippen molar-refractivity contribution in [3.63, 3.8) is 0 Å². The number of hydrogen-bond acceptors (Lipinski definition) is 7.